The van der Waals surface area contributed by atoms with Gasteiger partial charge in [-0.2, -0.15) is 0 Å². The summed E-state index contributed by atoms with van der Waals surface area (Å²) in [5, 5.41) is 20.6. The molecule has 2 aromatic heterocycles. The lowest BCUT2D eigenvalue weighted by Gasteiger charge is -2.33. The lowest BCUT2D eigenvalue weighted by molar-refractivity contribution is -0.136. The van der Waals surface area contributed by atoms with Gasteiger partial charge < -0.3 is 28.8 Å². The molecule has 170 valence electrons. The number of rotatable bonds is 8. The van der Waals surface area contributed by atoms with Crippen molar-refractivity contribution in [2.24, 2.45) is 0 Å². The SMILES string of the molecule is CCC(C)(I)C(=O)Oc1c2c3oc1c(C(=O)OC(CC(C)(C)O)C(C)(C)O)c3C(=O)O2. The molecular formula is C21H25IO9. The molecule has 3 heterocycles. The average molecular weight is 548 g/mol. The Morgan fingerprint density at radius 2 is 1.74 bits per heavy atom. The van der Waals surface area contributed by atoms with Crippen LogP contribution in [0.15, 0.2) is 4.42 Å². The van der Waals surface area contributed by atoms with Crippen molar-refractivity contribution in [2.45, 2.75) is 75.1 Å². The second kappa shape index (κ2) is 7.59. The Kier molecular flexibility index (Phi) is 5.81. The van der Waals surface area contributed by atoms with Crippen molar-refractivity contribution in [1.29, 1.82) is 0 Å². The fourth-order valence-corrected chi connectivity index (χ4v) is 3.21. The summed E-state index contributed by atoms with van der Waals surface area (Å²) in [5.41, 5.74) is -3.19. The Bertz CT molecular complexity index is 1040. The molecule has 0 saturated heterocycles. The first kappa shape index (κ1) is 23.7. The van der Waals surface area contributed by atoms with Crippen LogP contribution in [0, 0.1) is 0 Å². The van der Waals surface area contributed by atoms with E-state index in [0.29, 0.717) is 6.42 Å². The smallest absolute Gasteiger partial charge is 0.348 e. The van der Waals surface area contributed by atoms with E-state index in [1.54, 1.807) is 6.92 Å². The first-order valence-corrected chi connectivity index (χ1v) is 10.9. The Morgan fingerprint density at radius 3 is 2.26 bits per heavy atom. The van der Waals surface area contributed by atoms with Gasteiger partial charge in [0.1, 0.15) is 20.7 Å². The van der Waals surface area contributed by atoms with Crippen molar-refractivity contribution in [2.75, 3.05) is 0 Å². The van der Waals surface area contributed by atoms with Crippen LogP contribution < -0.4 is 9.47 Å². The first-order chi connectivity index (χ1) is 14.1. The summed E-state index contributed by atoms with van der Waals surface area (Å²) in [5.74, 6) is -2.57. The lowest BCUT2D eigenvalue weighted by atomic mass is 9.91. The highest BCUT2D eigenvalue weighted by Gasteiger charge is 2.46. The molecule has 0 saturated carbocycles. The predicted octanol–water partition coefficient (Wildman–Crippen LogP) is 3.37. The molecule has 0 radical (unpaired) electrons. The average Bonchev–Trinajstić information content (AvgIpc) is 3.22. The normalized spacial score (nSPS) is 16.9. The Morgan fingerprint density at radius 1 is 1.13 bits per heavy atom. The number of carbonyl (C=O) groups excluding carboxylic acids is 3. The zero-order valence-corrected chi connectivity index (χ0v) is 20.3. The van der Waals surface area contributed by atoms with Crippen molar-refractivity contribution < 1.29 is 43.2 Å². The molecule has 1 aliphatic rings. The van der Waals surface area contributed by atoms with E-state index in [2.05, 4.69) is 0 Å². The third kappa shape index (κ3) is 4.37. The van der Waals surface area contributed by atoms with Gasteiger partial charge in [-0.15, -0.1) is 0 Å². The van der Waals surface area contributed by atoms with Crippen molar-refractivity contribution in [1.82, 2.24) is 0 Å². The van der Waals surface area contributed by atoms with Gasteiger partial charge in [0.05, 0.1) is 11.2 Å². The third-order valence-corrected chi connectivity index (χ3v) is 6.34. The van der Waals surface area contributed by atoms with Crippen LogP contribution in [0.4, 0.5) is 0 Å². The monoisotopic (exact) mass is 548 g/mol. The fraction of sp³-hybridized carbons (Fsp3) is 0.571. The minimum absolute atomic E-state index is 0.00343. The molecule has 0 spiro atoms. The number of carbonyl (C=O) groups is 3. The Balaban J connectivity index is 1.99. The second-order valence-corrected chi connectivity index (χ2v) is 11.4. The van der Waals surface area contributed by atoms with E-state index < -0.39 is 38.6 Å². The van der Waals surface area contributed by atoms with Gasteiger partial charge in [0.15, 0.2) is 11.2 Å². The van der Waals surface area contributed by atoms with Gasteiger partial charge in [0.2, 0.25) is 11.5 Å². The third-order valence-electron chi connectivity index (χ3n) is 5.14. The quantitative estimate of drug-likeness (QED) is 0.221. The van der Waals surface area contributed by atoms with Crippen LogP contribution >= 0.6 is 22.6 Å². The summed E-state index contributed by atoms with van der Waals surface area (Å²) < 4.78 is 20.8. The zero-order chi connectivity index (χ0) is 23.5. The largest absolute Gasteiger partial charge is 0.455 e. The van der Waals surface area contributed by atoms with E-state index in [9.17, 15) is 24.6 Å². The highest BCUT2D eigenvalue weighted by molar-refractivity contribution is 14.1. The molecule has 2 atom stereocenters. The standard InChI is InChI=1S/C21H25IO9/c1-7-21(6,22)18(25)31-15-13-10(11-12(29-13)14(15)30-17(11)24)16(23)28-9(20(4,5)27)8-19(2,3)26/h9,26-27H,7-8H2,1-6H3. The molecule has 0 amide bonds. The van der Waals surface area contributed by atoms with Crippen LogP contribution in [0.2, 0.25) is 0 Å². The number of furan rings is 2. The van der Waals surface area contributed by atoms with Crippen LogP contribution in [-0.4, -0.2) is 48.8 Å². The van der Waals surface area contributed by atoms with E-state index in [0.717, 1.165) is 0 Å². The lowest BCUT2D eigenvalue weighted by Crippen LogP contribution is -2.44. The van der Waals surface area contributed by atoms with Crippen LogP contribution in [0.25, 0.3) is 11.2 Å². The molecular weight excluding hydrogens is 523 g/mol. The summed E-state index contributed by atoms with van der Waals surface area (Å²) >= 11 is 1.95. The molecule has 9 nitrogen and oxygen atoms in total. The van der Waals surface area contributed by atoms with Gasteiger partial charge in [-0.3, -0.25) is 4.79 Å². The van der Waals surface area contributed by atoms with Crippen molar-refractivity contribution in [3.63, 3.8) is 0 Å². The molecule has 0 aromatic carbocycles. The van der Waals surface area contributed by atoms with Crippen LogP contribution in [0.1, 0.15) is 75.1 Å². The maximum absolute atomic E-state index is 13.0. The van der Waals surface area contributed by atoms with Gasteiger partial charge in [-0.05, 0) is 41.0 Å². The van der Waals surface area contributed by atoms with Crippen LogP contribution in [0.5, 0.6) is 11.5 Å². The second-order valence-electron chi connectivity index (χ2n) is 9.06. The number of esters is 3. The summed E-state index contributed by atoms with van der Waals surface area (Å²) in [4.78, 5) is 37.9. The van der Waals surface area contributed by atoms with Gasteiger partial charge >= 0.3 is 17.9 Å². The maximum Gasteiger partial charge on any atom is 0.348 e. The minimum Gasteiger partial charge on any atom is -0.455 e. The van der Waals surface area contributed by atoms with Gasteiger partial charge in [-0.1, -0.05) is 29.5 Å². The highest BCUT2D eigenvalue weighted by atomic mass is 127. The number of fused-ring (bicyclic) bond motifs is 1. The minimum atomic E-state index is -1.48. The zero-order valence-electron chi connectivity index (χ0n) is 18.1. The van der Waals surface area contributed by atoms with Gasteiger partial charge in [-0.25, -0.2) is 9.59 Å². The molecule has 0 fully saturated rings. The van der Waals surface area contributed by atoms with Crippen molar-refractivity contribution >= 4 is 51.7 Å². The van der Waals surface area contributed by atoms with Gasteiger partial charge in [0, 0.05) is 6.42 Å². The number of benzene rings is 1. The maximum atomic E-state index is 13.0. The highest BCUT2D eigenvalue weighted by Crippen LogP contribution is 2.52. The molecule has 2 N–H and O–H groups in total. The van der Waals surface area contributed by atoms with E-state index in [4.69, 9.17) is 18.6 Å². The molecule has 2 bridgehead atoms. The van der Waals surface area contributed by atoms with Crippen LogP contribution in [0.3, 0.4) is 0 Å². The fourth-order valence-electron chi connectivity index (χ4n) is 3.10. The van der Waals surface area contributed by atoms with E-state index >= 15 is 0 Å². The molecule has 0 aliphatic carbocycles. The first-order valence-electron chi connectivity index (χ1n) is 9.77. The summed E-state index contributed by atoms with van der Waals surface area (Å²) in [6.07, 6.45) is -0.668. The predicted molar refractivity (Wildman–Crippen MR) is 117 cm³/mol. The number of hydrogen-bond acceptors (Lipinski definition) is 9. The number of hydrogen-bond donors (Lipinski definition) is 2. The number of halogens is 1. The van der Waals surface area contributed by atoms with Crippen molar-refractivity contribution in [3.8, 4) is 11.5 Å². The van der Waals surface area contributed by atoms with E-state index in [1.165, 1.54) is 27.7 Å². The Labute approximate surface area is 192 Å². The molecule has 10 heteroatoms. The van der Waals surface area contributed by atoms with Gasteiger partial charge in [0.25, 0.3) is 0 Å². The van der Waals surface area contributed by atoms with Crippen LogP contribution in [-0.2, 0) is 9.53 Å². The molecule has 2 unspecified atom stereocenters. The summed E-state index contributed by atoms with van der Waals surface area (Å²) in [6.45, 7) is 9.42. The number of ether oxygens (including phenoxy) is 3. The summed E-state index contributed by atoms with van der Waals surface area (Å²) in [7, 11) is 0. The molecule has 2 aromatic rings. The molecule has 1 aliphatic heterocycles. The number of alkyl halides is 1. The number of aliphatic hydroxyl groups is 2. The van der Waals surface area contributed by atoms with Crippen molar-refractivity contribution in [3.05, 3.63) is 11.1 Å². The Hall–Kier alpha value is -1.92. The summed E-state index contributed by atoms with van der Waals surface area (Å²) in [6, 6.07) is 0. The van der Waals surface area contributed by atoms with E-state index in [-0.39, 0.29) is 40.2 Å². The molecule has 31 heavy (non-hydrogen) atoms. The molecule has 3 rings (SSSR count). The topological polar surface area (TPSA) is 132 Å². The van der Waals surface area contributed by atoms with E-state index in [1.807, 2.05) is 29.5 Å².